The highest BCUT2D eigenvalue weighted by Gasteiger charge is 2.37. The van der Waals surface area contributed by atoms with E-state index in [-0.39, 0.29) is 9.64 Å². The first-order chi connectivity index (χ1) is 9.96. The van der Waals surface area contributed by atoms with E-state index < -0.39 is 10.0 Å². The SMILES string of the molecule is CSC1(CNS(=O)(=O)c2c[nH]c3ccc(N)cc23)CCC1. The van der Waals surface area contributed by atoms with Crippen molar-refractivity contribution >= 4 is 38.4 Å². The van der Waals surface area contributed by atoms with E-state index >= 15 is 0 Å². The molecular weight excluding hydrogens is 306 g/mol. The molecule has 7 heteroatoms. The molecule has 0 aliphatic heterocycles. The fourth-order valence-corrected chi connectivity index (χ4v) is 4.96. The molecule has 5 nitrogen and oxygen atoms in total. The van der Waals surface area contributed by atoms with Crippen LogP contribution >= 0.6 is 11.8 Å². The lowest BCUT2D eigenvalue weighted by atomic mass is 9.84. The van der Waals surface area contributed by atoms with Crippen molar-refractivity contribution in [1.29, 1.82) is 0 Å². The summed E-state index contributed by atoms with van der Waals surface area (Å²) in [6.45, 7) is 0.478. The van der Waals surface area contributed by atoms with Gasteiger partial charge in [-0.1, -0.05) is 6.42 Å². The van der Waals surface area contributed by atoms with Crippen molar-refractivity contribution in [2.75, 3.05) is 18.5 Å². The lowest BCUT2D eigenvalue weighted by Gasteiger charge is -2.40. The van der Waals surface area contributed by atoms with Gasteiger partial charge in [-0.05, 0) is 37.3 Å². The summed E-state index contributed by atoms with van der Waals surface area (Å²) in [7, 11) is -3.53. The first kappa shape index (κ1) is 14.7. The summed E-state index contributed by atoms with van der Waals surface area (Å²) in [5, 5.41) is 0.634. The number of anilines is 1. The number of thioether (sulfide) groups is 1. The van der Waals surface area contributed by atoms with Gasteiger partial charge in [-0.3, -0.25) is 0 Å². The number of rotatable bonds is 5. The Morgan fingerprint density at radius 3 is 2.81 bits per heavy atom. The monoisotopic (exact) mass is 325 g/mol. The first-order valence-corrected chi connectivity index (χ1v) is 9.58. The molecule has 1 aromatic heterocycles. The summed E-state index contributed by atoms with van der Waals surface area (Å²) in [6, 6.07) is 5.23. The molecule has 3 rings (SSSR count). The molecule has 1 fully saturated rings. The van der Waals surface area contributed by atoms with Gasteiger partial charge in [0.05, 0.1) is 0 Å². The average molecular weight is 325 g/mol. The standard InChI is InChI=1S/C14H19N3O2S2/c1-20-14(5-2-6-14)9-17-21(18,19)13-8-16-12-4-3-10(15)7-11(12)13/h3-4,7-8,16-17H,2,5-6,9,15H2,1H3. The molecule has 0 atom stereocenters. The van der Waals surface area contributed by atoms with Gasteiger partial charge in [0, 0.05) is 34.1 Å². The number of nitrogens with one attached hydrogen (secondary N) is 2. The van der Waals surface area contributed by atoms with Gasteiger partial charge in [0.2, 0.25) is 10.0 Å². The molecule has 0 unspecified atom stereocenters. The van der Waals surface area contributed by atoms with E-state index in [1.807, 2.05) is 6.26 Å². The number of benzene rings is 1. The van der Waals surface area contributed by atoms with E-state index in [2.05, 4.69) is 9.71 Å². The van der Waals surface area contributed by atoms with Crippen LogP contribution in [0.5, 0.6) is 0 Å². The van der Waals surface area contributed by atoms with Crippen molar-refractivity contribution < 1.29 is 8.42 Å². The number of nitrogens with two attached hydrogens (primary N) is 1. The van der Waals surface area contributed by atoms with E-state index in [1.165, 1.54) is 12.6 Å². The van der Waals surface area contributed by atoms with Gasteiger partial charge < -0.3 is 10.7 Å². The molecule has 1 heterocycles. The number of sulfonamides is 1. The lowest BCUT2D eigenvalue weighted by Crippen LogP contribution is -2.45. The molecule has 21 heavy (non-hydrogen) atoms. The second-order valence-corrected chi connectivity index (χ2v) is 8.53. The van der Waals surface area contributed by atoms with Crippen molar-refractivity contribution in [2.45, 2.75) is 28.9 Å². The maximum atomic E-state index is 12.5. The highest BCUT2D eigenvalue weighted by molar-refractivity contribution is 8.00. The zero-order valence-corrected chi connectivity index (χ0v) is 13.5. The topological polar surface area (TPSA) is 88.0 Å². The number of hydrogen-bond donors (Lipinski definition) is 3. The summed E-state index contributed by atoms with van der Waals surface area (Å²) in [5.41, 5.74) is 7.08. The molecule has 0 radical (unpaired) electrons. The third-order valence-electron chi connectivity index (χ3n) is 4.24. The van der Waals surface area contributed by atoms with Gasteiger partial charge in [-0.25, -0.2) is 13.1 Å². The number of aromatic nitrogens is 1. The minimum atomic E-state index is -3.53. The third kappa shape index (κ3) is 2.65. The van der Waals surface area contributed by atoms with Crippen LogP contribution in [0.4, 0.5) is 5.69 Å². The van der Waals surface area contributed by atoms with Crippen molar-refractivity contribution in [1.82, 2.24) is 9.71 Å². The van der Waals surface area contributed by atoms with Crippen LogP contribution in [-0.2, 0) is 10.0 Å². The third-order valence-corrected chi connectivity index (χ3v) is 7.10. The van der Waals surface area contributed by atoms with Gasteiger partial charge in [0.15, 0.2) is 0 Å². The fourth-order valence-electron chi connectivity index (χ4n) is 2.66. The Kier molecular flexibility index (Phi) is 3.67. The predicted octanol–water partition coefficient (Wildman–Crippen LogP) is 2.31. The summed E-state index contributed by atoms with van der Waals surface area (Å²) in [4.78, 5) is 3.24. The van der Waals surface area contributed by atoms with E-state index in [0.29, 0.717) is 17.6 Å². The minimum Gasteiger partial charge on any atom is -0.399 e. The number of fused-ring (bicyclic) bond motifs is 1. The molecule has 1 saturated carbocycles. The number of aromatic amines is 1. The van der Waals surface area contributed by atoms with E-state index in [9.17, 15) is 8.42 Å². The van der Waals surface area contributed by atoms with Gasteiger partial charge in [0.25, 0.3) is 0 Å². The summed E-state index contributed by atoms with van der Waals surface area (Å²) >= 11 is 1.75. The second kappa shape index (κ2) is 5.23. The zero-order chi connectivity index (χ0) is 15.1. The summed E-state index contributed by atoms with van der Waals surface area (Å²) in [6.07, 6.45) is 6.88. The zero-order valence-electron chi connectivity index (χ0n) is 11.8. The molecule has 0 spiro atoms. The summed E-state index contributed by atoms with van der Waals surface area (Å²) < 4.78 is 27.9. The second-order valence-electron chi connectivity index (χ2n) is 5.52. The van der Waals surface area contributed by atoms with Gasteiger partial charge in [0.1, 0.15) is 4.90 Å². The Morgan fingerprint density at radius 2 is 2.19 bits per heavy atom. The van der Waals surface area contributed by atoms with Crippen LogP contribution in [0.15, 0.2) is 29.3 Å². The molecule has 0 amide bonds. The van der Waals surface area contributed by atoms with Gasteiger partial charge >= 0.3 is 0 Å². The smallest absolute Gasteiger partial charge is 0.242 e. The van der Waals surface area contributed by atoms with Crippen LogP contribution < -0.4 is 10.5 Å². The minimum absolute atomic E-state index is 0.0677. The van der Waals surface area contributed by atoms with E-state index in [1.54, 1.807) is 30.0 Å². The molecular formula is C14H19N3O2S2. The molecule has 114 valence electrons. The molecule has 1 aliphatic rings. The Bertz CT molecular complexity index is 758. The fraction of sp³-hybridized carbons (Fsp3) is 0.429. The average Bonchev–Trinajstić information content (AvgIpc) is 2.81. The van der Waals surface area contributed by atoms with Gasteiger partial charge in [-0.15, -0.1) is 0 Å². The molecule has 2 aromatic rings. The maximum absolute atomic E-state index is 12.5. The Morgan fingerprint density at radius 1 is 1.43 bits per heavy atom. The van der Waals surface area contributed by atoms with E-state index in [4.69, 9.17) is 5.73 Å². The van der Waals surface area contributed by atoms with Crippen molar-refractivity contribution in [2.24, 2.45) is 0 Å². The van der Waals surface area contributed by atoms with Crippen molar-refractivity contribution in [3.63, 3.8) is 0 Å². The predicted molar refractivity (Wildman–Crippen MR) is 88.0 cm³/mol. The molecule has 0 bridgehead atoms. The highest BCUT2D eigenvalue weighted by Crippen LogP contribution is 2.42. The molecule has 4 N–H and O–H groups in total. The Hall–Kier alpha value is -1.18. The molecule has 1 aromatic carbocycles. The molecule has 1 aliphatic carbocycles. The number of H-pyrrole nitrogens is 1. The Labute approximate surface area is 128 Å². The lowest BCUT2D eigenvalue weighted by molar-refractivity contribution is 0.362. The van der Waals surface area contributed by atoms with Crippen molar-refractivity contribution in [3.05, 3.63) is 24.4 Å². The highest BCUT2D eigenvalue weighted by atomic mass is 32.2. The summed E-state index contributed by atoms with van der Waals surface area (Å²) in [5.74, 6) is 0. The van der Waals surface area contributed by atoms with Crippen LogP contribution in [0.25, 0.3) is 10.9 Å². The first-order valence-electron chi connectivity index (χ1n) is 6.87. The number of nitrogen functional groups attached to an aromatic ring is 1. The van der Waals surface area contributed by atoms with Crippen molar-refractivity contribution in [3.8, 4) is 0 Å². The number of hydrogen-bond acceptors (Lipinski definition) is 4. The van der Waals surface area contributed by atoms with E-state index in [0.717, 1.165) is 18.4 Å². The maximum Gasteiger partial charge on any atom is 0.242 e. The molecule has 0 saturated heterocycles. The normalized spacial score (nSPS) is 17.8. The van der Waals surface area contributed by atoms with Crippen LogP contribution in [0.1, 0.15) is 19.3 Å². The quantitative estimate of drug-likeness (QED) is 0.736. The van der Waals surface area contributed by atoms with Crippen LogP contribution in [-0.4, -0.2) is 30.9 Å². The van der Waals surface area contributed by atoms with Crippen LogP contribution in [0.2, 0.25) is 0 Å². The Balaban J connectivity index is 1.88. The van der Waals surface area contributed by atoms with Crippen LogP contribution in [0.3, 0.4) is 0 Å². The largest absolute Gasteiger partial charge is 0.399 e. The van der Waals surface area contributed by atoms with Crippen LogP contribution in [0, 0.1) is 0 Å². The van der Waals surface area contributed by atoms with Gasteiger partial charge in [-0.2, -0.15) is 11.8 Å².